The minimum atomic E-state index is -0.447. The van der Waals surface area contributed by atoms with E-state index in [9.17, 15) is 14.0 Å². The normalized spacial score (nSPS) is 16.2. The molecule has 0 unspecified atom stereocenters. The largest absolute Gasteiger partial charge is 0.349 e. The van der Waals surface area contributed by atoms with Crippen LogP contribution in [0.15, 0.2) is 60.9 Å². The Morgan fingerprint density at radius 3 is 2.83 bits per heavy atom. The van der Waals surface area contributed by atoms with E-state index in [-0.39, 0.29) is 6.04 Å². The second-order valence-corrected chi connectivity index (χ2v) is 7.31. The molecule has 7 heteroatoms. The van der Waals surface area contributed by atoms with Crippen LogP contribution in [0.2, 0.25) is 0 Å². The van der Waals surface area contributed by atoms with Gasteiger partial charge in [-0.3, -0.25) is 4.57 Å². The second-order valence-electron chi connectivity index (χ2n) is 7.31. The van der Waals surface area contributed by atoms with E-state index in [1.54, 1.807) is 18.5 Å². The summed E-state index contributed by atoms with van der Waals surface area (Å²) in [6.07, 6.45) is 3.26. The van der Waals surface area contributed by atoms with Crippen molar-refractivity contribution >= 4 is 17.0 Å². The zero-order valence-corrected chi connectivity index (χ0v) is 16.0. The van der Waals surface area contributed by atoms with Crippen LogP contribution in [0.5, 0.6) is 0 Å². The molecule has 0 N–H and O–H groups in total. The molecule has 30 heavy (non-hydrogen) atoms. The minimum absolute atomic E-state index is 0.274. The van der Waals surface area contributed by atoms with E-state index < -0.39 is 11.6 Å². The summed E-state index contributed by atoms with van der Waals surface area (Å²) in [6, 6.07) is 16.4. The van der Waals surface area contributed by atoms with Crippen LogP contribution in [-0.2, 0) is 0 Å². The van der Waals surface area contributed by atoms with E-state index >= 15 is 0 Å². The van der Waals surface area contributed by atoms with Crippen LogP contribution in [0.1, 0.15) is 30.0 Å². The number of hydrogen-bond donors (Lipinski definition) is 0. The first-order valence-corrected chi connectivity index (χ1v) is 9.70. The van der Waals surface area contributed by atoms with Crippen molar-refractivity contribution in [3.05, 3.63) is 83.7 Å². The van der Waals surface area contributed by atoms with Crippen molar-refractivity contribution in [3.63, 3.8) is 0 Å². The van der Waals surface area contributed by atoms with Gasteiger partial charge >= 0.3 is 0 Å². The highest BCUT2D eigenvalue weighted by Gasteiger charge is 2.30. The Morgan fingerprint density at radius 1 is 1.07 bits per heavy atom. The van der Waals surface area contributed by atoms with Gasteiger partial charge in [0.25, 0.3) is 0 Å². The molecule has 2 aromatic carbocycles. The lowest BCUT2D eigenvalue weighted by Gasteiger charge is -2.26. The van der Waals surface area contributed by atoms with Gasteiger partial charge in [0.15, 0.2) is 5.65 Å². The van der Waals surface area contributed by atoms with Gasteiger partial charge in [0, 0.05) is 17.8 Å². The Labute approximate surface area is 171 Å². The van der Waals surface area contributed by atoms with Gasteiger partial charge in [0.1, 0.15) is 29.3 Å². The monoisotopic (exact) mass is 401 g/mol. The van der Waals surface area contributed by atoms with E-state index in [1.165, 1.54) is 12.1 Å². The molecule has 2 aromatic heterocycles. The minimum Gasteiger partial charge on any atom is -0.349 e. The summed E-state index contributed by atoms with van der Waals surface area (Å²) in [4.78, 5) is 11.2. The average Bonchev–Trinajstić information content (AvgIpc) is 3.42. The van der Waals surface area contributed by atoms with Gasteiger partial charge < -0.3 is 4.90 Å². The van der Waals surface area contributed by atoms with Crippen LogP contribution in [0.3, 0.4) is 0 Å². The summed E-state index contributed by atoms with van der Waals surface area (Å²) in [5, 5.41) is 9.19. The number of hydrogen-bond acceptors (Lipinski definition) is 4. The topological polar surface area (TPSA) is 57.7 Å². The molecule has 0 spiro atoms. The van der Waals surface area contributed by atoms with E-state index in [4.69, 9.17) is 4.98 Å². The van der Waals surface area contributed by atoms with Gasteiger partial charge in [0.05, 0.1) is 17.7 Å². The van der Waals surface area contributed by atoms with Gasteiger partial charge in [0.2, 0.25) is 0 Å². The van der Waals surface area contributed by atoms with Gasteiger partial charge in [-0.2, -0.15) is 5.26 Å². The fourth-order valence-corrected chi connectivity index (χ4v) is 4.09. The van der Waals surface area contributed by atoms with Crippen molar-refractivity contribution in [3.8, 4) is 11.8 Å². The Kier molecular flexibility index (Phi) is 4.40. The lowest BCUT2D eigenvalue weighted by molar-refractivity contribution is 0.560. The number of benzene rings is 2. The number of halogens is 2. The Balaban J connectivity index is 1.58. The quantitative estimate of drug-likeness (QED) is 0.489. The number of pyridine rings is 1. The predicted molar refractivity (Wildman–Crippen MR) is 109 cm³/mol. The first-order valence-electron chi connectivity index (χ1n) is 9.70. The van der Waals surface area contributed by atoms with Gasteiger partial charge in [-0.15, -0.1) is 0 Å². The number of anilines is 1. The third kappa shape index (κ3) is 3.07. The standard InChI is InChI=1S/C23H17F2N5/c24-16-6-7-19(25)18(12-16)21-5-2-10-29(21)22-9-8-20-23(28-22)30(14-27-20)17-4-1-3-15(11-17)13-26/h1,3-4,6-9,11-12,14,21H,2,5,10H2/t21-/m1/s1. The molecule has 5 rings (SSSR count). The molecular formula is C23H17F2N5. The van der Waals surface area contributed by atoms with Gasteiger partial charge in [-0.25, -0.2) is 18.7 Å². The van der Waals surface area contributed by atoms with Crippen LogP contribution in [0, 0.1) is 23.0 Å². The molecule has 1 saturated heterocycles. The summed E-state index contributed by atoms with van der Waals surface area (Å²) in [7, 11) is 0. The molecule has 0 bridgehead atoms. The number of rotatable bonds is 3. The number of imidazole rings is 1. The van der Waals surface area contributed by atoms with Crippen LogP contribution >= 0.6 is 0 Å². The summed E-state index contributed by atoms with van der Waals surface area (Å²) < 4.78 is 30.0. The van der Waals surface area contributed by atoms with Crippen LogP contribution < -0.4 is 4.90 Å². The third-order valence-corrected chi connectivity index (χ3v) is 5.50. The highest BCUT2D eigenvalue weighted by Crippen LogP contribution is 2.37. The van der Waals surface area contributed by atoms with Crippen molar-refractivity contribution in [1.29, 1.82) is 5.26 Å². The van der Waals surface area contributed by atoms with E-state index in [2.05, 4.69) is 11.1 Å². The molecular weight excluding hydrogens is 384 g/mol. The maximum absolute atomic E-state index is 14.4. The molecule has 148 valence electrons. The summed E-state index contributed by atoms with van der Waals surface area (Å²) in [5.74, 6) is -0.170. The Morgan fingerprint density at radius 2 is 1.97 bits per heavy atom. The Hall–Kier alpha value is -3.79. The molecule has 1 aliphatic heterocycles. The lowest BCUT2D eigenvalue weighted by Crippen LogP contribution is -2.24. The first kappa shape index (κ1) is 18.3. The van der Waals surface area contributed by atoms with Crippen LogP contribution in [-0.4, -0.2) is 21.1 Å². The van der Waals surface area contributed by atoms with Crippen LogP contribution in [0.25, 0.3) is 16.9 Å². The van der Waals surface area contributed by atoms with Crippen molar-refractivity contribution in [2.45, 2.75) is 18.9 Å². The zero-order valence-electron chi connectivity index (χ0n) is 16.0. The fourth-order valence-electron chi connectivity index (χ4n) is 4.09. The smallest absolute Gasteiger partial charge is 0.166 e. The zero-order chi connectivity index (χ0) is 20.7. The fraction of sp³-hybridized carbons (Fsp3) is 0.174. The van der Waals surface area contributed by atoms with Crippen LogP contribution in [0.4, 0.5) is 14.6 Å². The lowest BCUT2D eigenvalue weighted by atomic mass is 10.0. The number of fused-ring (bicyclic) bond motifs is 1. The molecule has 5 nitrogen and oxygen atoms in total. The number of nitriles is 1. The molecule has 0 radical (unpaired) electrons. The van der Waals surface area contributed by atoms with Gasteiger partial charge in [-0.1, -0.05) is 6.07 Å². The SMILES string of the molecule is N#Cc1cccc(-n2cnc3ccc(N4CCC[C@@H]4c4cc(F)ccc4F)nc32)c1. The molecule has 1 fully saturated rings. The molecule has 1 aliphatic rings. The molecule has 1 atom stereocenters. The summed E-state index contributed by atoms with van der Waals surface area (Å²) >= 11 is 0. The summed E-state index contributed by atoms with van der Waals surface area (Å²) in [5.41, 5.74) is 3.05. The van der Waals surface area contributed by atoms with E-state index in [0.29, 0.717) is 34.7 Å². The molecule has 4 aromatic rings. The average molecular weight is 401 g/mol. The second kappa shape index (κ2) is 7.23. The molecule has 3 heterocycles. The Bertz CT molecular complexity index is 1290. The number of nitrogens with zero attached hydrogens (tertiary/aromatic N) is 5. The predicted octanol–water partition coefficient (Wildman–Crippen LogP) is 4.91. The van der Waals surface area contributed by atoms with E-state index in [0.717, 1.165) is 24.6 Å². The maximum Gasteiger partial charge on any atom is 0.166 e. The first-order chi connectivity index (χ1) is 14.6. The molecule has 0 aliphatic carbocycles. The van der Waals surface area contributed by atoms with Gasteiger partial charge in [-0.05, 0) is 61.4 Å². The maximum atomic E-state index is 14.4. The third-order valence-electron chi connectivity index (χ3n) is 5.50. The van der Waals surface area contributed by atoms with Crippen molar-refractivity contribution in [2.75, 3.05) is 11.4 Å². The highest BCUT2D eigenvalue weighted by atomic mass is 19.1. The molecule has 0 amide bonds. The van der Waals surface area contributed by atoms with Crippen molar-refractivity contribution in [1.82, 2.24) is 14.5 Å². The van der Waals surface area contributed by atoms with E-state index in [1.807, 2.05) is 33.7 Å². The van der Waals surface area contributed by atoms with Crippen molar-refractivity contribution in [2.24, 2.45) is 0 Å². The van der Waals surface area contributed by atoms with Crippen molar-refractivity contribution < 1.29 is 8.78 Å². The number of aromatic nitrogens is 3. The highest BCUT2D eigenvalue weighted by molar-refractivity contribution is 5.75. The summed E-state index contributed by atoms with van der Waals surface area (Å²) in [6.45, 7) is 0.706. The molecule has 0 saturated carbocycles.